The highest BCUT2D eigenvalue weighted by molar-refractivity contribution is 7.93. The van der Waals surface area contributed by atoms with Gasteiger partial charge in [0.2, 0.25) is 0 Å². The Bertz CT molecular complexity index is 1240. The van der Waals surface area contributed by atoms with Gasteiger partial charge in [-0.3, -0.25) is 4.98 Å². The second-order valence-corrected chi connectivity index (χ2v) is 7.87. The topological polar surface area (TPSA) is 121 Å². The van der Waals surface area contributed by atoms with Crippen molar-refractivity contribution < 1.29 is 17.9 Å². The standard InChI is InChI=1S/C18H19N5O4S/c1-26-15-5-12-13(6-16(15)27-2)20-8-14-18(12)23(10-22-14)9-11-3-4-17(21-7-11)28(19,24)25/h3-6,8,10,21H,7,9H2,1-2H3,(H2,19,24,25). The van der Waals surface area contributed by atoms with Crippen molar-refractivity contribution in [1.29, 1.82) is 0 Å². The molecule has 0 saturated carbocycles. The third kappa shape index (κ3) is 3.16. The number of imidazole rings is 1. The van der Waals surface area contributed by atoms with Crippen molar-refractivity contribution in [2.45, 2.75) is 6.54 Å². The van der Waals surface area contributed by atoms with Crippen LogP contribution >= 0.6 is 0 Å². The van der Waals surface area contributed by atoms with Gasteiger partial charge in [-0.1, -0.05) is 6.08 Å². The van der Waals surface area contributed by atoms with Crippen LogP contribution in [-0.2, 0) is 16.6 Å². The molecule has 4 rings (SSSR count). The highest BCUT2D eigenvalue weighted by Gasteiger charge is 2.17. The van der Waals surface area contributed by atoms with Crippen molar-refractivity contribution in [3.8, 4) is 11.5 Å². The van der Waals surface area contributed by atoms with Crippen LogP contribution in [0.2, 0.25) is 0 Å². The summed E-state index contributed by atoms with van der Waals surface area (Å²) in [7, 11) is -0.569. The molecule has 3 aromatic rings. The maximum Gasteiger partial charge on any atom is 0.253 e. The molecule has 2 aromatic heterocycles. The van der Waals surface area contributed by atoms with Crippen molar-refractivity contribution in [2.24, 2.45) is 5.14 Å². The van der Waals surface area contributed by atoms with Crippen LogP contribution in [-0.4, -0.2) is 43.7 Å². The van der Waals surface area contributed by atoms with E-state index in [1.54, 1.807) is 32.8 Å². The number of nitrogens with zero attached hydrogens (tertiary/aromatic N) is 3. The lowest BCUT2D eigenvalue weighted by Crippen LogP contribution is -2.30. The van der Waals surface area contributed by atoms with Crippen molar-refractivity contribution in [3.63, 3.8) is 0 Å². The van der Waals surface area contributed by atoms with Crippen LogP contribution < -0.4 is 19.9 Å². The van der Waals surface area contributed by atoms with Crippen LogP contribution in [0.1, 0.15) is 0 Å². The van der Waals surface area contributed by atoms with Crippen molar-refractivity contribution in [3.05, 3.63) is 47.4 Å². The lowest BCUT2D eigenvalue weighted by molar-refractivity contribution is 0.356. The molecule has 0 fully saturated rings. The highest BCUT2D eigenvalue weighted by Crippen LogP contribution is 2.34. The minimum Gasteiger partial charge on any atom is -0.493 e. The van der Waals surface area contributed by atoms with Gasteiger partial charge in [0, 0.05) is 24.5 Å². The van der Waals surface area contributed by atoms with Gasteiger partial charge in [-0.25, -0.2) is 18.5 Å². The Labute approximate surface area is 161 Å². The SMILES string of the molecule is COc1cc2ncc3ncn(CC4=CC=C(S(N)(=O)=O)NC4)c3c2cc1OC. The second-order valence-electron chi connectivity index (χ2n) is 6.34. The molecule has 1 aliphatic heterocycles. The Hall–Kier alpha value is -3.11. The first-order chi connectivity index (χ1) is 13.4. The van der Waals surface area contributed by atoms with Gasteiger partial charge >= 0.3 is 0 Å². The molecule has 0 atom stereocenters. The number of ether oxygens (including phenoxy) is 2. The molecule has 1 aromatic carbocycles. The van der Waals surface area contributed by atoms with Crippen LogP contribution in [0.25, 0.3) is 21.9 Å². The zero-order valence-electron chi connectivity index (χ0n) is 15.3. The first-order valence-electron chi connectivity index (χ1n) is 8.42. The van der Waals surface area contributed by atoms with E-state index in [0.717, 1.165) is 27.5 Å². The predicted octanol–water partition coefficient (Wildman–Crippen LogP) is 1.26. The Morgan fingerprint density at radius 3 is 2.54 bits per heavy atom. The summed E-state index contributed by atoms with van der Waals surface area (Å²) in [4.78, 5) is 8.90. The summed E-state index contributed by atoms with van der Waals surface area (Å²) < 4.78 is 35.6. The summed E-state index contributed by atoms with van der Waals surface area (Å²) in [5.74, 6) is 1.21. The van der Waals surface area contributed by atoms with E-state index >= 15 is 0 Å². The highest BCUT2D eigenvalue weighted by atomic mass is 32.2. The van der Waals surface area contributed by atoms with E-state index in [9.17, 15) is 8.42 Å². The van der Waals surface area contributed by atoms with Crippen molar-refractivity contribution in [1.82, 2.24) is 19.9 Å². The summed E-state index contributed by atoms with van der Waals surface area (Å²) in [6.07, 6.45) is 6.69. The van der Waals surface area contributed by atoms with Gasteiger partial charge < -0.3 is 19.4 Å². The number of allylic oxidation sites excluding steroid dienone is 2. The summed E-state index contributed by atoms with van der Waals surface area (Å²) >= 11 is 0. The summed E-state index contributed by atoms with van der Waals surface area (Å²) in [5.41, 5.74) is 3.41. The van der Waals surface area contributed by atoms with Gasteiger partial charge in [0.25, 0.3) is 10.0 Å². The fourth-order valence-corrected chi connectivity index (χ4v) is 3.77. The number of nitrogens with two attached hydrogens (primary N) is 1. The number of pyridine rings is 1. The molecule has 1 aliphatic rings. The second kappa shape index (κ2) is 6.80. The fraction of sp³-hybridized carbons (Fsp3) is 0.222. The number of dihydropyridines is 1. The molecule has 0 aliphatic carbocycles. The van der Waals surface area contributed by atoms with Gasteiger partial charge in [-0.15, -0.1) is 0 Å². The molecule has 0 saturated heterocycles. The van der Waals surface area contributed by atoms with Crippen molar-refractivity contribution in [2.75, 3.05) is 20.8 Å². The summed E-state index contributed by atoms with van der Waals surface area (Å²) in [6.45, 7) is 0.910. The summed E-state index contributed by atoms with van der Waals surface area (Å²) in [6, 6.07) is 3.71. The molecule has 0 spiro atoms. The molecule has 0 radical (unpaired) electrons. The first kappa shape index (κ1) is 18.3. The zero-order valence-corrected chi connectivity index (χ0v) is 16.2. The number of aromatic nitrogens is 3. The molecule has 10 heteroatoms. The van der Waals surface area contributed by atoms with Gasteiger partial charge in [-0.2, -0.15) is 0 Å². The number of benzene rings is 1. The maximum atomic E-state index is 11.4. The van der Waals surface area contributed by atoms with Crippen LogP contribution in [0.3, 0.4) is 0 Å². The lowest BCUT2D eigenvalue weighted by atomic mass is 10.1. The number of methoxy groups -OCH3 is 2. The number of rotatable bonds is 5. The molecular formula is C18H19N5O4S. The van der Waals surface area contributed by atoms with Gasteiger partial charge in [0.05, 0.1) is 37.8 Å². The minimum absolute atomic E-state index is 0.0122. The van der Waals surface area contributed by atoms with Gasteiger partial charge in [0.15, 0.2) is 11.5 Å². The Morgan fingerprint density at radius 1 is 1.14 bits per heavy atom. The normalized spacial score (nSPS) is 14.5. The lowest BCUT2D eigenvalue weighted by Gasteiger charge is -2.17. The van der Waals surface area contributed by atoms with E-state index < -0.39 is 10.0 Å². The third-order valence-corrected chi connectivity index (χ3v) is 5.48. The molecule has 0 unspecified atom stereocenters. The van der Waals surface area contributed by atoms with Crippen molar-refractivity contribution >= 4 is 32.0 Å². The van der Waals surface area contributed by atoms with E-state index in [4.69, 9.17) is 14.6 Å². The molecule has 9 nitrogen and oxygen atoms in total. The number of fused-ring (bicyclic) bond motifs is 3. The number of sulfonamides is 1. The van der Waals surface area contributed by atoms with E-state index in [-0.39, 0.29) is 5.03 Å². The average Bonchev–Trinajstić information content (AvgIpc) is 3.09. The molecule has 3 heterocycles. The minimum atomic E-state index is -3.74. The predicted molar refractivity (Wildman–Crippen MR) is 105 cm³/mol. The number of nitrogens with one attached hydrogen (secondary N) is 1. The largest absolute Gasteiger partial charge is 0.493 e. The third-order valence-electron chi connectivity index (χ3n) is 4.59. The zero-order chi connectivity index (χ0) is 19.9. The quantitative estimate of drug-likeness (QED) is 0.660. The molecule has 28 heavy (non-hydrogen) atoms. The molecular weight excluding hydrogens is 382 g/mol. The van der Waals surface area contributed by atoms with Gasteiger partial charge in [0.1, 0.15) is 10.5 Å². The van der Waals surface area contributed by atoms with Gasteiger partial charge in [-0.05, 0) is 17.7 Å². The summed E-state index contributed by atoms with van der Waals surface area (Å²) in [5, 5.41) is 8.88. The van der Waals surface area contributed by atoms with Crippen LogP contribution in [0, 0.1) is 0 Å². The average molecular weight is 401 g/mol. The number of primary sulfonamides is 1. The Morgan fingerprint density at radius 2 is 1.89 bits per heavy atom. The smallest absolute Gasteiger partial charge is 0.253 e. The molecule has 3 N–H and O–H groups in total. The molecule has 146 valence electrons. The van der Waals surface area contributed by atoms with Crippen LogP contribution in [0.4, 0.5) is 0 Å². The number of hydrogen-bond acceptors (Lipinski definition) is 7. The Kier molecular flexibility index (Phi) is 4.44. The Balaban J connectivity index is 1.79. The fourth-order valence-electron chi connectivity index (χ4n) is 3.24. The monoisotopic (exact) mass is 401 g/mol. The number of hydrogen-bond donors (Lipinski definition) is 2. The van der Waals surface area contributed by atoms with Crippen LogP contribution in [0.15, 0.2) is 47.4 Å². The van der Waals surface area contributed by atoms with E-state index in [0.29, 0.717) is 24.6 Å². The molecule has 0 amide bonds. The maximum absolute atomic E-state index is 11.4. The van der Waals surface area contributed by atoms with Crippen LogP contribution in [0.5, 0.6) is 11.5 Å². The van der Waals surface area contributed by atoms with E-state index in [1.807, 2.05) is 16.7 Å². The van der Waals surface area contributed by atoms with E-state index in [1.165, 1.54) is 6.08 Å². The van der Waals surface area contributed by atoms with E-state index in [2.05, 4.69) is 15.3 Å². The first-order valence-corrected chi connectivity index (χ1v) is 9.97. The molecule has 0 bridgehead atoms.